The average molecular weight is 340 g/mol. The van der Waals surface area contributed by atoms with E-state index in [1.807, 2.05) is 11.8 Å². The minimum absolute atomic E-state index is 0.0297. The monoisotopic (exact) mass is 340 g/mol. The fraction of sp³-hybridized carbons (Fsp3) is 0.400. The lowest BCUT2D eigenvalue weighted by molar-refractivity contribution is -0.0489. The molecule has 1 aliphatic heterocycles. The number of hydrogen-bond donors (Lipinski definition) is 0. The zero-order valence-electron chi connectivity index (χ0n) is 15.2. The third-order valence-electron chi connectivity index (χ3n) is 4.83. The first-order valence-electron chi connectivity index (χ1n) is 8.53. The van der Waals surface area contributed by atoms with Gasteiger partial charge in [0.2, 0.25) is 0 Å². The second-order valence-corrected chi connectivity index (χ2v) is 6.85. The number of amides is 1. The molecule has 0 bridgehead atoms. The summed E-state index contributed by atoms with van der Waals surface area (Å²) in [6.07, 6.45) is 1.48. The van der Waals surface area contributed by atoms with Gasteiger partial charge in [-0.05, 0) is 38.0 Å². The maximum Gasteiger partial charge on any atom is 0.254 e. The van der Waals surface area contributed by atoms with E-state index in [-0.39, 0.29) is 23.6 Å². The lowest BCUT2D eigenvalue weighted by Crippen LogP contribution is -2.48. The second kappa shape index (κ2) is 6.84. The van der Waals surface area contributed by atoms with Crippen LogP contribution >= 0.6 is 0 Å². The molecule has 0 radical (unpaired) electrons. The van der Waals surface area contributed by atoms with Crippen LogP contribution in [0.3, 0.4) is 0 Å². The molecule has 0 spiro atoms. The molecule has 132 valence electrons. The fourth-order valence-electron chi connectivity index (χ4n) is 3.18. The molecule has 3 rings (SSSR count). The van der Waals surface area contributed by atoms with Crippen LogP contribution in [-0.2, 0) is 11.8 Å². The molecule has 0 saturated carbocycles. The van der Waals surface area contributed by atoms with Crippen molar-refractivity contribution in [1.29, 1.82) is 0 Å². The molecule has 5 heteroatoms. The molecule has 1 aromatic carbocycles. The molecule has 2 aromatic rings. The van der Waals surface area contributed by atoms with E-state index in [4.69, 9.17) is 4.74 Å². The number of ether oxygens (including phenoxy) is 1. The summed E-state index contributed by atoms with van der Waals surface area (Å²) in [6.45, 7) is 7.05. The van der Waals surface area contributed by atoms with E-state index in [9.17, 15) is 9.59 Å². The molecule has 1 aromatic heterocycles. The number of carbonyl (C=O) groups excluding carboxylic acids is 1. The number of carbonyl (C=O) groups is 1. The summed E-state index contributed by atoms with van der Waals surface area (Å²) in [5.74, 6) is -0.121. The van der Waals surface area contributed by atoms with E-state index in [0.29, 0.717) is 18.7 Å². The molecule has 1 fully saturated rings. The summed E-state index contributed by atoms with van der Waals surface area (Å²) in [7, 11) is 1.67. The van der Waals surface area contributed by atoms with Gasteiger partial charge in [-0.25, -0.2) is 0 Å². The first-order chi connectivity index (χ1) is 11.9. The highest BCUT2D eigenvalue weighted by molar-refractivity contribution is 5.94. The van der Waals surface area contributed by atoms with Gasteiger partial charge in [-0.15, -0.1) is 0 Å². The standard InChI is InChI=1S/C20H24N2O3/c1-13-5-6-14(2)17(9-13)18-11-22(15(3)12-25-18)20(24)16-7-8-21(4)19(23)10-16/h5-10,15,18H,11-12H2,1-4H3/t15-,18+/m0/s1. The lowest BCUT2D eigenvalue weighted by Gasteiger charge is -2.38. The molecule has 0 unspecified atom stereocenters. The van der Waals surface area contributed by atoms with Gasteiger partial charge in [0.15, 0.2) is 0 Å². The summed E-state index contributed by atoms with van der Waals surface area (Å²) >= 11 is 0. The van der Waals surface area contributed by atoms with Crippen LogP contribution in [0, 0.1) is 13.8 Å². The molecule has 1 saturated heterocycles. The SMILES string of the molecule is Cc1ccc(C)c([C@H]2CN(C(=O)c3ccn(C)c(=O)c3)[C@@H](C)CO2)c1. The van der Waals surface area contributed by atoms with Gasteiger partial charge in [-0.1, -0.05) is 23.8 Å². The van der Waals surface area contributed by atoms with E-state index in [1.165, 1.54) is 16.2 Å². The van der Waals surface area contributed by atoms with E-state index in [0.717, 1.165) is 11.1 Å². The van der Waals surface area contributed by atoms with Crippen LogP contribution in [0.25, 0.3) is 0 Å². The van der Waals surface area contributed by atoms with E-state index in [1.54, 1.807) is 19.3 Å². The molecule has 1 aliphatic rings. The van der Waals surface area contributed by atoms with Crippen molar-refractivity contribution < 1.29 is 9.53 Å². The lowest BCUT2D eigenvalue weighted by atomic mass is 9.98. The van der Waals surface area contributed by atoms with Gasteiger partial charge in [-0.3, -0.25) is 9.59 Å². The minimum Gasteiger partial charge on any atom is -0.370 e. The number of aromatic nitrogens is 1. The van der Waals surface area contributed by atoms with Crippen LogP contribution in [-0.4, -0.2) is 34.6 Å². The van der Waals surface area contributed by atoms with Gasteiger partial charge in [0.25, 0.3) is 11.5 Å². The fourth-order valence-corrected chi connectivity index (χ4v) is 3.18. The number of nitrogens with zero attached hydrogens (tertiary/aromatic N) is 2. The van der Waals surface area contributed by atoms with Crippen LogP contribution in [0.15, 0.2) is 41.3 Å². The van der Waals surface area contributed by atoms with Gasteiger partial charge in [0.1, 0.15) is 6.10 Å². The van der Waals surface area contributed by atoms with Crippen molar-refractivity contribution in [2.75, 3.05) is 13.2 Å². The Morgan fingerprint density at radius 2 is 1.96 bits per heavy atom. The zero-order chi connectivity index (χ0) is 18.1. The number of benzene rings is 1. The Bertz CT molecular complexity index is 856. The Kier molecular flexibility index (Phi) is 4.77. The average Bonchev–Trinajstić information content (AvgIpc) is 2.59. The van der Waals surface area contributed by atoms with Crippen molar-refractivity contribution in [3.8, 4) is 0 Å². The van der Waals surface area contributed by atoms with Crippen LogP contribution < -0.4 is 5.56 Å². The number of pyridine rings is 1. The minimum atomic E-state index is -0.183. The van der Waals surface area contributed by atoms with E-state index < -0.39 is 0 Å². The summed E-state index contributed by atoms with van der Waals surface area (Å²) < 4.78 is 7.47. The molecule has 5 nitrogen and oxygen atoms in total. The van der Waals surface area contributed by atoms with Crippen LogP contribution in [0.2, 0.25) is 0 Å². The highest BCUT2D eigenvalue weighted by atomic mass is 16.5. The topological polar surface area (TPSA) is 51.5 Å². The number of hydrogen-bond acceptors (Lipinski definition) is 3. The molecule has 1 amide bonds. The molecular weight excluding hydrogens is 316 g/mol. The smallest absolute Gasteiger partial charge is 0.254 e. The molecule has 2 atom stereocenters. The Balaban J connectivity index is 1.87. The van der Waals surface area contributed by atoms with Crippen LogP contribution in [0.1, 0.15) is 40.1 Å². The van der Waals surface area contributed by atoms with Crippen molar-refractivity contribution >= 4 is 5.91 Å². The summed E-state index contributed by atoms with van der Waals surface area (Å²) in [4.78, 5) is 26.6. The molecule has 0 aliphatic carbocycles. The van der Waals surface area contributed by atoms with Crippen molar-refractivity contribution in [1.82, 2.24) is 9.47 Å². The highest BCUT2D eigenvalue weighted by Crippen LogP contribution is 2.28. The van der Waals surface area contributed by atoms with Crippen LogP contribution in [0.4, 0.5) is 0 Å². The predicted molar refractivity (Wildman–Crippen MR) is 96.8 cm³/mol. The summed E-state index contributed by atoms with van der Waals surface area (Å²) in [6, 6.07) is 9.34. The Morgan fingerprint density at radius 3 is 2.68 bits per heavy atom. The van der Waals surface area contributed by atoms with Crippen molar-refractivity contribution in [2.24, 2.45) is 7.05 Å². The summed E-state index contributed by atoms with van der Waals surface area (Å²) in [5, 5.41) is 0. The van der Waals surface area contributed by atoms with Gasteiger partial charge >= 0.3 is 0 Å². The Morgan fingerprint density at radius 1 is 1.20 bits per heavy atom. The highest BCUT2D eigenvalue weighted by Gasteiger charge is 2.31. The molecule has 2 heterocycles. The maximum atomic E-state index is 12.9. The van der Waals surface area contributed by atoms with Gasteiger partial charge in [0, 0.05) is 24.9 Å². The number of aryl methyl sites for hydroxylation is 3. The largest absolute Gasteiger partial charge is 0.370 e. The quantitative estimate of drug-likeness (QED) is 0.844. The number of rotatable bonds is 2. The Labute approximate surface area is 147 Å². The molecule has 0 N–H and O–H groups in total. The van der Waals surface area contributed by atoms with Gasteiger partial charge in [-0.2, -0.15) is 0 Å². The summed E-state index contributed by atoms with van der Waals surface area (Å²) in [5.41, 5.74) is 3.70. The van der Waals surface area contributed by atoms with Crippen LogP contribution in [0.5, 0.6) is 0 Å². The predicted octanol–water partition coefficient (Wildman–Crippen LogP) is 2.60. The normalized spacial score (nSPS) is 20.6. The first kappa shape index (κ1) is 17.4. The van der Waals surface area contributed by atoms with Crippen molar-refractivity contribution in [3.63, 3.8) is 0 Å². The van der Waals surface area contributed by atoms with Crippen molar-refractivity contribution in [3.05, 3.63) is 69.1 Å². The Hall–Kier alpha value is -2.40. The van der Waals surface area contributed by atoms with Gasteiger partial charge < -0.3 is 14.2 Å². The maximum absolute atomic E-state index is 12.9. The first-order valence-corrected chi connectivity index (χ1v) is 8.53. The number of morpholine rings is 1. The van der Waals surface area contributed by atoms with E-state index in [2.05, 4.69) is 32.0 Å². The third-order valence-corrected chi connectivity index (χ3v) is 4.83. The van der Waals surface area contributed by atoms with E-state index >= 15 is 0 Å². The van der Waals surface area contributed by atoms with Gasteiger partial charge in [0.05, 0.1) is 19.2 Å². The zero-order valence-corrected chi connectivity index (χ0v) is 15.2. The molecule has 25 heavy (non-hydrogen) atoms. The second-order valence-electron chi connectivity index (χ2n) is 6.85. The molecular formula is C20H24N2O3. The van der Waals surface area contributed by atoms with Crippen molar-refractivity contribution in [2.45, 2.75) is 32.9 Å². The third kappa shape index (κ3) is 3.51.